The minimum absolute atomic E-state index is 0.219. The van der Waals surface area contributed by atoms with Gasteiger partial charge in [0.2, 0.25) is 5.91 Å². The molecule has 0 N–H and O–H groups in total. The van der Waals surface area contributed by atoms with Gasteiger partial charge in [0.1, 0.15) is 10.8 Å². The van der Waals surface area contributed by atoms with Crippen molar-refractivity contribution in [2.75, 3.05) is 53.0 Å². The molecule has 0 saturated carbocycles. The second kappa shape index (κ2) is 8.98. The Hall–Kier alpha value is -2.03. The molecule has 0 unspecified atom stereocenters. The van der Waals surface area contributed by atoms with E-state index in [9.17, 15) is 4.79 Å². The van der Waals surface area contributed by atoms with Gasteiger partial charge in [0.05, 0.1) is 32.4 Å². The van der Waals surface area contributed by atoms with E-state index in [1.807, 2.05) is 29.2 Å². The van der Waals surface area contributed by atoms with Gasteiger partial charge >= 0.3 is 0 Å². The molecule has 0 radical (unpaired) electrons. The fraction of sp³-hybridized carbons (Fsp3) is 0.550. The van der Waals surface area contributed by atoms with E-state index in [-0.39, 0.29) is 5.91 Å². The Morgan fingerprint density at radius 1 is 1.18 bits per heavy atom. The van der Waals surface area contributed by atoms with Crippen LogP contribution in [-0.4, -0.2) is 79.0 Å². The van der Waals surface area contributed by atoms with Gasteiger partial charge in [-0.15, -0.1) is 10.2 Å². The number of carbonyl (C=O) groups is 1. The lowest BCUT2D eigenvalue weighted by atomic mass is 9.97. The van der Waals surface area contributed by atoms with Crippen LogP contribution >= 0.6 is 11.3 Å². The number of carbonyl (C=O) groups excluding carboxylic acids is 1. The summed E-state index contributed by atoms with van der Waals surface area (Å²) in [6.45, 7) is 5.08. The monoisotopic (exact) mass is 402 g/mol. The molecular formula is C20H26N4O3S. The van der Waals surface area contributed by atoms with Crippen LogP contribution in [0.25, 0.3) is 10.6 Å². The van der Waals surface area contributed by atoms with Gasteiger partial charge in [-0.05, 0) is 38.1 Å². The van der Waals surface area contributed by atoms with E-state index in [4.69, 9.17) is 9.47 Å². The van der Waals surface area contributed by atoms with Gasteiger partial charge in [0, 0.05) is 19.0 Å². The van der Waals surface area contributed by atoms with Crippen LogP contribution in [0, 0.1) is 0 Å². The third-order valence-corrected chi connectivity index (χ3v) is 6.56. The summed E-state index contributed by atoms with van der Waals surface area (Å²) in [7, 11) is 1.68. The first kappa shape index (κ1) is 19.3. The number of benzene rings is 1. The maximum Gasteiger partial charge on any atom is 0.236 e. The van der Waals surface area contributed by atoms with E-state index in [0.717, 1.165) is 47.3 Å². The van der Waals surface area contributed by atoms with Gasteiger partial charge in [0.25, 0.3) is 0 Å². The topological polar surface area (TPSA) is 67.8 Å². The smallest absolute Gasteiger partial charge is 0.236 e. The molecule has 0 bridgehead atoms. The second-order valence-corrected chi connectivity index (χ2v) is 8.20. The highest BCUT2D eigenvalue weighted by molar-refractivity contribution is 7.14. The zero-order valence-corrected chi connectivity index (χ0v) is 17.0. The minimum atomic E-state index is 0.219. The summed E-state index contributed by atoms with van der Waals surface area (Å²) in [6.07, 6.45) is 2.02. The van der Waals surface area contributed by atoms with E-state index < -0.39 is 0 Å². The summed E-state index contributed by atoms with van der Waals surface area (Å²) in [5.41, 5.74) is 0.988. The molecular weight excluding hydrogens is 376 g/mol. The molecule has 0 aliphatic carbocycles. The lowest BCUT2D eigenvalue weighted by molar-refractivity contribution is -0.136. The number of ether oxygens (including phenoxy) is 2. The fourth-order valence-electron chi connectivity index (χ4n) is 3.77. The number of likely N-dealkylation sites (tertiary alicyclic amines) is 1. The largest absolute Gasteiger partial charge is 0.496 e. The number of hydrogen-bond donors (Lipinski definition) is 0. The van der Waals surface area contributed by atoms with Gasteiger partial charge in [-0.3, -0.25) is 9.69 Å². The number of amides is 1. The molecule has 1 amide bonds. The van der Waals surface area contributed by atoms with Gasteiger partial charge in [-0.25, -0.2) is 0 Å². The summed E-state index contributed by atoms with van der Waals surface area (Å²) in [6, 6.07) is 7.91. The number of para-hydroxylation sites is 1. The van der Waals surface area contributed by atoms with E-state index in [0.29, 0.717) is 38.8 Å². The first-order valence-electron chi connectivity index (χ1n) is 9.79. The van der Waals surface area contributed by atoms with Crippen LogP contribution < -0.4 is 4.74 Å². The summed E-state index contributed by atoms with van der Waals surface area (Å²) in [5.74, 6) is 1.45. The van der Waals surface area contributed by atoms with Crippen molar-refractivity contribution in [2.45, 2.75) is 18.8 Å². The molecule has 0 atom stereocenters. The predicted molar refractivity (Wildman–Crippen MR) is 108 cm³/mol. The number of hydrogen-bond acceptors (Lipinski definition) is 7. The fourth-order valence-corrected chi connectivity index (χ4v) is 4.81. The van der Waals surface area contributed by atoms with Crippen molar-refractivity contribution in [2.24, 2.45) is 0 Å². The number of piperidine rings is 1. The molecule has 2 aromatic rings. The zero-order valence-electron chi connectivity index (χ0n) is 16.2. The quantitative estimate of drug-likeness (QED) is 0.764. The lowest BCUT2D eigenvalue weighted by Crippen LogP contribution is -2.47. The van der Waals surface area contributed by atoms with Crippen LogP contribution in [0.5, 0.6) is 5.75 Å². The SMILES string of the molecule is COc1ccccc1-c1nnc(C2CCN(CC(=O)N3CCOCC3)CC2)s1. The van der Waals surface area contributed by atoms with Gasteiger partial charge in [-0.1, -0.05) is 23.5 Å². The molecule has 1 aromatic carbocycles. The zero-order chi connectivity index (χ0) is 19.3. The Kier molecular flexibility index (Phi) is 6.19. The third kappa shape index (κ3) is 4.34. The Morgan fingerprint density at radius 2 is 1.93 bits per heavy atom. The highest BCUT2D eigenvalue weighted by Crippen LogP contribution is 2.36. The minimum Gasteiger partial charge on any atom is -0.496 e. The van der Waals surface area contributed by atoms with Crippen molar-refractivity contribution in [3.05, 3.63) is 29.3 Å². The molecule has 4 rings (SSSR count). The molecule has 0 spiro atoms. The average molecular weight is 403 g/mol. The molecule has 8 heteroatoms. The molecule has 2 saturated heterocycles. The second-order valence-electron chi connectivity index (χ2n) is 7.19. The van der Waals surface area contributed by atoms with Crippen molar-refractivity contribution >= 4 is 17.2 Å². The summed E-state index contributed by atoms with van der Waals surface area (Å²) in [4.78, 5) is 16.6. The van der Waals surface area contributed by atoms with Crippen LogP contribution in [0.4, 0.5) is 0 Å². The van der Waals surface area contributed by atoms with Crippen molar-refractivity contribution in [1.29, 1.82) is 0 Å². The van der Waals surface area contributed by atoms with E-state index >= 15 is 0 Å². The van der Waals surface area contributed by atoms with E-state index in [2.05, 4.69) is 15.1 Å². The highest BCUT2D eigenvalue weighted by Gasteiger charge is 2.27. The third-order valence-electron chi connectivity index (χ3n) is 5.44. The normalized spacial score (nSPS) is 19.0. The summed E-state index contributed by atoms with van der Waals surface area (Å²) in [5, 5.41) is 10.8. The molecule has 2 aliphatic heterocycles. The van der Waals surface area contributed by atoms with Crippen LogP contribution in [0.2, 0.25) is 0 Å². The van der Waals surface area contributed by atoms with Gasteiger partial charge < -0.3 is 14.4 Å². The molecule has 2 fully saturated rings. The lowest BCUT2D eigenvalue weighted by Gasteiger charge is -2.33. The number of methoxy groups -OCH3 is 1. The molecule has 3 heterocycles. The van der Waals surface area contributed by atoms with Crippen LogP contribution in [0.3, 0.4) is 0 Å². The number of aromatic nitrogens is 2. The molecule has 28 heavy (non-hydrogen) atoms. The highest BCUT2D eigenvalue weighted by atomic mass is 32.1. The van der Waals surface area contributed by atoms with E-state index in [1.165, 1.54) is 0 Å². The van der Waals surface area contributed by atoms with Crippen molar-refractivity contribution in [3.63, 3.8) is 0 Å². The molecule has 1 aromatic heterocycles. The molecule has 7 nitrogen and oxygen atoms in total. The average Bonchev–Trinajstić information content (AvgIpc) is 3.25. The Morgan fingerprint density at radius 3 is 2.68 bits per heavy atom. The van der Waals surface area contributed by atoms with E-state index in [1.54, 1.807) is 18.4 Å². The van der Waals surface area contributed by atoms with Gasteiger partial charge in [0.15, 0.2) is 5.01 Å². The Labute approximate surface area is 169 Å². The van der Waals surface area contributed by atoms with Crippen molar-refractivity contribution in [1.82, 2.24) is 20.0 Å². The maximum atomic E-state index is 12.4. The Balaban J connectivity index is 1.33. The summed E-state index contributed by atoms with van der Waals surface area (Å²) < 4.78 is 10.8. The Bertz CT molecular complexity index is 798. The van der Waals surface area contributed by atoms with Crippen molar-refractivity contribution in [3.8, 4) is 16.3 Å². The predicted octanol–water partition coefficient (Wildman–Crippen LogP) is 2.25. The number of nitrogens with zero attached hydrogens (tertiary/aromatic N) is 4. The standard InChI is InChI=1S/C20H26N4O3S/c1-26-17-5-3-2-4-16(17)20-22-21-19(28-20)15-6-8-23(9-7-15)14-18(25)24-10-12-27-13-11-24/h2-5,15H,6-14H2,1H3. The van der Waals surface area contributed by atoms with Crippen LogP contribution in [-0.2, 0) is 9.53 Å². The molecule has 2 aliphatic rings. The maximum absolute atomic E-state index is 12.4. The van der Waals surface area contributed by atoms with Crippen LogP contribution in [0.1, 0.15) is 23.8 Å². The number of morpholine rings is 1. The number of rotatable bonds is 5. The summed E-state index contributed by atoms with van der Waals surface area (Å²) >= 11 is 1.65. The van der Waals surface area contributed by atoms with Gasteiger partial charge in [-0.2, -0.15) is 0 Å². The molecule has 150 valence electrons. The van der Waals surface area contributed by atoms with Crippen LogP contribution in [0.15, 0.2) is 24.3 Å². The first-order chi connectivity index (χ1) is 13.7. The first-order valence-corrected chi connectivity index (χ1v) is 10.6. The van der Waals surface area contributed by atoms with Crippen molar-refractivity contribution < 1.29 is 14.3 Å².